The number of ether oxygens (including phenoxy) is 1. The van der Waals surface area contributed by atoms with Crippen LogP contribution in [-0.4, -0.2) is 16.9 Å². The first kappa shape index (κ1) is 13.6. The zero-order valence-corrected chi connectivity index (χ0v) is 11.9. The molecule has 0 aliphatic rings. The second kappa shape index (κ2) is 5.93. The van der Waals surface area contributed by atoms with Crippen LogP contribution in [0.3, 0.4) is 0 Å². The Balaban J connectivity index is 1.93. The average Bonchev–Trinajstić information content (AvgIpc) is 2.92. The third-order valence-electron chi connectivity index (χ3n) is 3.50. The first-order chi connectivity index (χ1) is 10.3. The highest BCUT2D eigenvalue weighted by Crippen LogP contribution is 2.29. The molecule has 5 heteroatoms. The van der Waals surface area contributed by atoms with Crippen molar-refractivity contribution >= 4 is 10.8 Å². The first-order valence-electron chi connectivity index (χ1n) is 6.91. The molecule has 108 valence electrons. The van der Waals surface area contributed by atoms with E-state index < -0.39 is 0 Å². The summed E-state index contributed by atoms with van der Waals surface area (Å²) in [5.41, 5.74) is 8.33. The highest BCUT2D eigenvalue weighted by atomic mass is 16.6. The molecular weight excluding hydrogens is 266 g/mol. The van der Waals surface area contributed by atoms with E-state index in [1.807, 2.05) is 25.1 Å². The van der Waals surface area contributed by atoms with E-state index in [1.54, 1.807) is 0 Å². The van der Waals surface area contributed by atoms with Crippen LogP contribution in [0.2, 0.25) is 0 Å². The van der Waals surface area contributed by atoms with Crippen LogP contribution in [0.5, 0.6) is 5.75 Å². The molecule has 0 radical (unpaired) electrons. The van der Waals surface area contributed by atoms with Crippen LogP contribution < -0.4 is 10.5 Å². The number of aromatic nitrogens is 2. The number of hydrogen-bond acceptors (Lipinski definition) is 5. The van der Waals surface area contributed by atoms with Crippen molar-refractivity contribution in [2.75, 3.05) is 6.54 Å². The summed E-state index contributed by atoms with van der Waals surface area (Å²) in [7, 11) is 0. The smallest absolute Gasteiger partial charge is 0.145 e. The summed E-state index contributed by atoms with van der Waals surface area (Å²) in [6.45, 7) is 2.76. The molecule has 0 aliphatic heterocycles. The van der Waals surface area contributed by atoms with Crippen molar-refractivity contribution in [2.24, 2.45) is 5.73 Å². The summed E-state index contributed by atoms with van der Waals surface area (Å²) in [5.74, 6) is 0.835. The van der Waals surface area contributed by atoms with E-state index in [9.17, 15) is 0 Å². The maximum Gasteiger partial charge on any atom is 0.145 e. The second-order valence-electron chi connectivity index (χ2n) is 4.89. The van der Waals surface area contributed by atoms with Gasteiger partial charge in [-0.05, 0) is 36.7 Å². The van der Waals surface area contributed by atoms with Gasteiger partial charge in [0.05, 0.1) is 0 Å². The van der Waals surface area contributed by atoms with Gasteiger partial charge >= 0.3 is 0 Å². The number of aryl methyl sites for hydroxylation is 1. The largest absolute Gasteiger partial charge is 0.487 e. The van der Waals surface area contributed by atoms with Gasteiger partial charge in [0, 0.05) is 5.56 Å². The molecule has 0 atom stereocenters. The van der Waals surface area contributed by atoms with Crippen molar-refractivity contribution in [3.8, 4) is 5.75 Å². The van der Waals surface area contributed by atoms with E-state index in [-0.39, 0.29) is 0 Å². The molecule has 1 aromatic heterocycles. The van der Waals surface area contributed by atoms with Gasteiger partial charge in [-0.1, -0.05) is 40.6 Å². The lowest BCUT2D eigenvalue weighted by Crippen LogP contribution is -2.06. The van der Waals surface area contributed by atoms with E-state index >= 15 is 0 Å². The molecule has 0 aliphatic carbocycles. The zero-order valence-electron chi connectivity index (χ0n) is 11.9. The summed E-state index contributed by atoms with van der Waals surface area (Å²) in [4.78, 5) is 0. The van der Waals surface area contributed by atoms with Gasteiger partial charge < -0.3 is 10.5 Å². The third kappa shape index (κ3) is 2.73. The standard InChI is InChI=1S/C16H17N3O2/c1-11-15(19-21-18-11)10-20-16-7-6-12-4-2-3-5-13(12)14(16)8-9-17/h2-7H,8-10,17H2,1H3. The Morgan fingerprint density at radius 2 is 2.00 bits per heavy atom. The summed E-state index contributed by atoms with van der Waals surface area (Å²) in [6.07, 6.45) is 0.771. The van der Waals surface area contributed by atoms with Crippen LogP contribution >= 0.6 is 0 Å². The van der Waals surface area contributed by atoms with Crippen LogP contribution in [0.4, 0.5) is 0 Å². The van der Waals surface area contributed by atoms with Crippen LogP contribution in [0.25, 0.3) is 10.8 Å². The molecule has 0 spiro atoms. The molecule has 1 heterocycles. The Morgan fingerprint density at radius 1 is 1.14 bits per heavy atom. The number of benzene rings is 2. The van der Waals surface area contributed by atoms with Crippen LogP contribution in [0, 0.1) is 6.92 Å². The van der Waals surface area contributed by atoms with Crippen LogP contribution in [0.15, 0.2) is 41.0 Å². The molecule has 0 saturated carbocycles. The quantitative estimate of drug-likeness (QED) is 0.779. The van der Waals surface area contributed by atoms with Crippen molar-refractivity contribution in [1.82, 2.24) is 10.3 Å². The lowest BCUT2D eigenvalue weighted by Gasteiger charge is -2.13. The maximum absolute atomic E-state index is 5.90. The molecule has 5 nitrogen and oxygen atoms in total. The van der Waals surface area contributed by atoms with Gasteiger partial charge in [-0.25, -0.2) is 4.63 Å². The fraction of sp³-hybridized carbons (Fsp3) is 0.250. The zero-order chi connectivity index (χ0) is 14.7. The Bertz CT molecular complexity index is 752. The first-order valence-corrected chi connectivity index (χ1v) is 6.91. The van der Waals surface area contributed by atoms with Gasteiger partial charge in [0.25, 0.3) is 0 Å². The molecule has 0 unspecified atom stereocenters. The van der Waals surface area contributed by atoms with Crippen molar-refractivity contribution in [3.05, 3.63) is 53.3 Å². The lowest BCUT2D eigenvalue weighted by atomic mass is 10.0. The van der Waals surface area contributed by atoms with Gasteiger partial charge in [-0.3, -0.25) is 0 Å². The minimum absolute atomic E-state index is 0.339. The average molecular weight is 283 g/mol. The monoisotopic (exact) mass is 283 g/mol. The van der Waals surface area contributed by atoms with Gasteiger partial charge in [-0.15, -0.1) is 0 Å². The fourth-order valence-corrected chi connectivity index (χ4v) is 2.38. The second-order valence-corrected chi connectivity index (χ2v) is 4.89. The molecule has 2 N–H and O–H groups in total. The number of hydrogen-bond donors (Lipinski definition) is 1. The SMILES string of the molecule is Cc1nonc1COc1ccc2ccccc2c1CCN. The summed E-state index contributed by atoms with van der Waals surface area (Å²) >= 11 is 0. The highest BCUT2D eigenvalue weighted by molar-refractivity contribution is 5.87. The number of nitrogens with zero attached hydrogens (tertiary/aromatic N) is 2. The molecule has 0 fully saturated rings. The molecule has 21 heavy (non-hydrogen) atoms. The van der Waals surface area contributed by atoms with E-state index in [0.717, 1.165) is 23.4 Å². The van der Waals surface area contributed by atoms with Gasteiger partial charge in [-0.2, -0.15) is 0 Å². The third-order valence-corrected chi connectivity index (χ3v) is 3.50. The summed E-state index contributed by atoms with van der Waals surface area (Å²) < 4.78 is 10.6. The Labute approximate surface area is 122 Å². The maximum atomic E-state index is 5.90. The molecule has 0 saturated heterocycles. The lowest BCUT2D eigenvalue weighted by molar-refractivity contribution is 0.269. The number of rotatable bonds is 5. The Kier molecular flexibility index (Phi) is 3.83. The van der Waals surface area contributed by atoms with Crippen LogP contribution in [0.1, 0.15) is 17.0 Å². The molecule has 0 amide bonds. The Hall–Kier alpha value is -2.40. The van der Waals surface area contributed by atoms with Gasteiger partial charge in [0.1, 0.15) is 23.7 Å². The molecular formula is C16H17N3O2. The summed E-state index contributed by atoms with van der Waals surface area (Å²) in [5, 5.41) is 9.95. The predicted molar refractivity (Wildman–Crippen MR) is 80.1 cm³/mol. The highest BCUT2D eigenvalue weighted by Gasteiger charge is 2.11. The van der Waals surface area contributed by atoms with E-state index in [2.05, 4.69) is 33.1 Å². The number of nitrogens with two attached hydrogens (primary N) is 1. The summed E-state index contributed by atoms with van der Waals surface area (Å²) in [6, 6.07) is 12.3. The topological polar surface area (TPSA) is 74.2 Å². The minimum atomic E-state index is 0.339. The molecule has 2 aromatic carbocycles. The molecule has 3 rings (SSSR count). The normalized spacial score (nSPS) is 11.0. The van der Waals surface area contributed by atoms with Gasteiger partial charge in [0.15, 0.2) is 0 Å². The van der Waals surface area contributed by atoms with E-state index in [0.29, 0.717) is 18.8 Å². The van der Waals surface area contributed by atoms with Crippen LogP contribution in [-0.2, 0) is 13.0 Å². The number of fused-ring (bicyclic) bond motifs is 1. The van der Waals surface area contributed by atoms with E-state index in [4.69, 9.17) is 10.5 Å². The van der Waals surface area contributed by atoms with E-state index in [1.165, 1.54) is 10.8 Å². The predicted octanol–water partition coefficient (Wildman–Crippen LogP) is 2.61. The minimum Gasteiger partial charge on any atom is -0.487 e. The molecule has 3 aromatic rings. The molecule has 0 bridgehead atoms. The fourth-order valence-electron chi connectivity index (χ4n) is 2.38. The van der Waals surface area contributed by atoms with Gasteiger partial charge in [0.2, 0.25) is 0 Å². The van der Waals surface area contributed by atoms with Crippen molar-refractivity contribution < 1.29 is 9.37 Å². The van der Waals surface area contributed by atoms with Crippen molar-refractivity contribution in [2.45, 2.75) is 20.0 Å². The Morgan fingerprint density at radius 3 is 2.76 bits per heavy atom. The van der Waals surface area contributed by atoms with Crippen molar-refractivity contribution in [3.63, 3.8) is 0 Å². The van der Waals surface area contributed by atoms with Crippen molar-refractivity contribution in [1.29, 1.82) is 0 Å².